The van der Waals surface area contributed by atoms with Crippen LogP contribution in [0.4, 0.5) is 5.82 Å². The first-order valence-electron chi connectivity index (χ1n) is 8.05. The molecule has 0 aliphatic heterocycles. The maximum absolute atomic E-state index is 12.2. The van der Waals surface area contributed by atoms with E-state index in [0.717, 1.165) is 11.3 Å². The highest BCUT2D eigenvalue weighted by atomic mass is 16.5. The van der Waals surface area contributed by atoms with E-state index >= 15 is 0 Å². The van der Waals surface area contributed by atoms with Crippen LogP contribution in [0.3, 0.4) is 0 Å². The lowest BCUT2D eigenvalue weighted by molar-refractivity contribution is 0.0951. The fourth-order valence-electron chi connectivity index (χ4n) is 2.41. The van der Waals surface area contributed by atoms with Crippen LogP contribution >= 0.6 is 0 Å². The van der Waals surface area contributed by atoms with E-state index in [1.165, 1.54) is 0 Å². The number of amides is 1. The minimum absolute atomic E-state index is 0.208. The van der Waals surface area contributed by atoms with Gasteiger partial charge in [0.15, 0.2) is 0 Å². The summed E-state index contributed by atoms with van der Waals surface area (Å²) >= 11 is 0. The smallest absolute Gasteiger partial charge is 0.255 e. The number of nitrogens with one attached hydrogen (secondary N) is 1. The number of methoxy groups -OCH3 is 1. The SMILES string of the molecule is COc1cccc(Oc2cccc(CNC(=O)c3cccnc3N)c2)c1. The molecule has 0 spiro atoms. The van der Waals surface area contributed by atoms with Crippen LogP contribution in [-0.4, -0.2) is 18.0 Å². The van der Waals surface area contributed by atoms with Gasteiger partial charge in [0.1, 0.15) is 23.1 Å². The molecule has 0 atom stereocenters. The molecule has 3 N–H and O–H groups in total. The number of anilines is 1. The summed E-state index contributed by atoms with van der Waals surface area (Å²) in [5.74, 6) is 2.01. The zero-order valence-electron chi connectivity index (χ0n) is 14.3. The first-order valence-corrected chi connectivity index (χ1v) is 8.05. The third-order valence-electron chi connectivity index (χ3n) is 3.71. The van der Waals surface area contributed by atoms with E-state index in [9.17, 15) is 4.79 Å². The zero-order chi connectivity index (χ0) is 18.4. The average Bonchev–Trinajstić information content (AvgIpc) is 2.67. The number of pyridine rings is 1. The summed E-state index contributed by atoms with van der Waals surface area (Å²) in [4.78, 5) is 16.1. The molecule has 6 heteroatoms. The van der Waals surface area contributed by atoms with Gasteiger partial charge in [0.05, 0.1) is 12.7 Å². The fourth-order valence-corrected chi connectivity index (χ4v) is 2.41. The lowest BCUT2D eigenvalue weighted by Crippen LogP contribution is -2.24. The molecule has 0 radical (unpaired) electrons. The molecule has 2 aromatic carbocycles. The number of hydrogen-bond acceptors (Lipinski definition) is 5. The number of nitrogens with zero attached hydrogens (tertiary/aromatic N) is 1. The van der Waals surface area contributed by atoms with E-state index in [0.29, 0.717) is 23.6 Å². The van der Waals surface area contributed by atoms with Crippen molar-refractivity contribution >= 4 is 11.7 Å². The van der Waals surface area contributed by atoms with Crippen molar-refractivity contribution in [2.24, 2.45) is 0 Å². The van der Waals surface area contributed by atoms with Gasteiger partial charge in [-0.15, -0.1) is 0 Å². The van der Waals surface area contributed by atoms with Crippen molar-refractivity contribution in [2.45, 2.75) is 6.54 Å². The highest BCUT2D eigenvalue weighted by Gasteiger charge is 2.09. The number of nitrogen functional groups attached to an aromatic ring is 1. The number of carbonyl (C=O) groups is 1. The van der Waals surface area contributed by atoms with Crippen molar-refractivity contribution in [3.05, 3.63) is 78.0 Å². The Hall–Kier alpha value is -3.54. The Morgan fingerprint density at radius 3 is 2.54 bits per heavy atom. The number of rotatable bonds is 6. The summed E-state index contributed by atoms with van der Waals surface area (Å²) in [6.45, 7) is 0.350. The Labute approximate surface area is 151 Å². The molecule has 1 heterocycles. The van der Waals surface area contributed by atoms with Crippen molar-refractivity contribution < 1.29 is 14.3 Å². The second-order valence-corrected chi connectivity index (χ2v) is 5.55. The lowest BCUT2D eigenvalue weighted by atomic mass is 10.2. The predicted molar refractivity (Wildman–Crippen MR) is 99.3 cm³/mol. The standard InChI is InChI=1S/C20H19N3O3/c1-25-15-6-3-8-17(12-15)26-16-7-2-5-14(11-16)13-23-20(24)18-9-4-10-22-19(18)21/h2-12H,13H2,1H3,(H2,21,22)(H,23,24). The van der Waals surface area contributed by atoms with Gasteiger partial charge in [-0.2, -0.15) is 0 Å². The van der Waals surface area contributed by atoms with Gasteiger partial charge in [0.2, 0.25) is 0 Å². The van der Waals surface area contributed by atoms with Crippen LogP contribution in [0.2, 0.25) is 0 Å². The van der Waals surface area contributed by atoms with Gasteiger partial charge in [-0.3, -0.25) is 4.79 Å². The molecule has 0 saturated carbocycles. The topological polar surface area (TPSA) is 86.5 Å². The molecule has 3 rings (SSSR count). The summed E-state index contributed by atoms with van der Waals surface area (Å²) in [6, 6.07) is 18.2. The molecule has 0 fully saturated rings. The Morgan fingerprint density at radius 1 is 1.04 bits per heavy atom. The van der Waals surface area contributed by atoms with E-state index in [1.54, 1.807) is 31.5 Å². The quantitative estimate of drug-likeness (QED) is 0.712. The molecule has 26 heavy (non-hydrogen) atoms. The van der Waals surface area contributed by atoms with Crippen molar-refractivity contribution in [1.29, 1.82) is 0 Å². The summed E-state index contributed by atoms with van der Waals surface area (Å²) in [5.41, 5.74) is 6.98. The van der Waals surface area contributed by atoms with Gasteiger partial charge >= 0.3 is 0 Å². The molecular formula is C20H19N3O3. The monoisotopic (exact) mass is 349 g/mol. The van der Waals surface area contributed by atoms with Crippen LogP contribution in [0.1, 0.15) is 15.9 Å². The molecule has 1 aromatic heterocycles. The minimum atomic E-state index is -0.269. The molecular weight excluding hydrogens is 330 g/mol. The maximum atomic E-state index is 12.2. The minimum Gasteiger partial charge on any atom is -0.497 e. The van der Waals surface area contributed by atoms with Crippen LogP contribution in [0.5, 0.6) is 17.2 Å². The van der Waals surface area contributed by atoms with Crippen molar-refractivity contribution in [3.63, 3.8) is 0 Å². The number of nitrogens with two attached hydrogens (primary N) is 1. The molecule has 0 aliphatic rings. The van der Waals surface area contributed by atoms with Crippen molar-refractivity contribution in [1.82, 2.24) is 10.3 Å². The Kier molecular flexibility index (Phi) is 5.34. The van der Waals surface area contributed by atoms with Gasteiger partial charge in [-0.25, -0.2) is 4.98 Å². The number of carbonyl (C=O) groups excluding carboxylic acids is 1. The Morgan fingerprint density at radius 2 is 1.77 bits per heavy atom. The van der Waals surface area contributed by atoms with Crippen LogP contribution in [0.15, 0.2) is 66.9 Å². The summed E-state index contributed by atoms with van der Waals surface area (Å²) in [7, 11) is 1.61. The first-order chi connectivity index (χ1) is 12.7. The fraction of sp³-hybridized carbons (Fsp3) is 0.100. The summed E-state index contributed by atoms with van der Waals surface area (Å²) in [6.07, 6.45) is 1.55. The van der Waals surface area contributed by atoms with E-state index in [-0.39, 0.29) is 11.7 Å². The van der Waals surface area contributed by atoms with Crippen molar-refractivity contribution in [2.75, 3.05) is 12.8 Å². The van der Waals surface area contributed by atoms with Crippen molar-refractivity contribution in [3.8, 4) is 17.2 Å². The highest BCUT2D eigenvalue weighted by molar-refractivity contribution is 5.98. The van der Waals surface area contributed by atoms with E-state index in [1.807, 2.05) is 42.5 Å². The van der Waals surface area contributed by atoms with Gasteiger partial charge in [-0.1, -0.05) is 18.2 Å². The summed E-state index contributed by atoms with van der Waals surface area (Å²) in [5, 5.41) is 2.83. The van der Waals surface area contributed by atoms with Crippen LogP contribution in [-0.2, 0) is 6.54 Å². The largest absolute Gasteiger partial charge is 0.497 e. The average molecular weight is 349 g/mol. The molecule has 132 valence electrons. The second-order valence-electron chi connectivity index (χ2n) is 5.55. The van der Waals surface area contributed by atoms with Gasteiger partial charge in [0, 0.05) is 18.8 Å². The molecule has 3 aromatic rings. The van der Waals surface area contributed by atoms with E-state index in [4.69, 9.17) is 15.2 Å². The second kappa shape index (κ2) is 8.02. The lowest BCUT2D eigenvalue weighted by Gasteiger charge is -2.10. The van der Waals surface area contributed by atoms with Gasteiger partial charge in [0.25, 0.3) is 5.91 Å². The number of ether oxygens (including phenoxy) is 2. The van der Waals surface area contributed by atoms with E-state index < -0.39 is 0 Å². The van der Waals surface area contributed by atoms with E-state index in [2.05, 4.69) is 10.3 Å². The normalized spacial score (nSPS) is 10.2. The van der Waals surface area contributed by atoms with Gasteiger partial charge in [-0.05, 0) is 42.0 Å². The number of hydrogen-bond donors (Lipinski definition) is 2. The maximum Gasteiger partial charge on any atom is 0.255 e. The predicted octanol–water partition coefficient (Wildman–Crippen LogP) is 3.39. The highest BCUT2D eigenvalue weighted by Crippen LogP contribution is 2.25. The van der Waals surface area contributed by atoms with Gasteiger partial charge < -0.3 is 20.5 Å². The van der Waals surface area contributed by atoms with Crippen LogP contribution < -0.4 is 20.5 Å². The number of aromatic nitrogens is 1. The summed E-state index contributed by atoms with van der Waals surface area (Å²) < 4.78 is 11.0. The number of benzene rings is 2. The third-order valence-corrected chi connectivity index (χ3v) is 3.71. The molecule has 1 amide bonds. The zero-order valence-corrected chi connectivity index (χ0v) is 14.3. The molecule has 0 saturated heterocycles. The molecule has 0 unspecified atom stereocenters. The molecule has 0 aliphatic carbocycles. The molecule has 6 nitrogen and oxygen atoms in total. The first kappa shape index (κ1) is 17.3. The Bertz CT molecular complexity index is 912. The molecule has 0 bridgehead atoms. The third kappa shape index (κ3) is 4.30. The Balaban J connectivity index is 1.65. The van der Waals surface area contributed by atoms with Crippen LogP contribution in [0.25, 0.3) is 0 Å². The van der Waals surface area contributed by atoms with Crippen LogP contribution in [0, 0.1) is 0 Å².